The van der Waals surface area contributed by atoms with E-state index in [1.54, 1.807) is 13.0 Å². The minimum Gasteiger partial charge on any atom is -0.507 e. The van der Waals surface area contributed by atoms with Crippen LogP contribution >= 0.6 is 0 Å². The molecule has 3 N–H and O–H groups in total. The van der Waals surface area contributed by atoms with Crippen LogP contribution in [0.2, 0.25) is 0 Å². The first-order valence-electron chi connectivity index (χ1n) is 6.48. The number of carbonyl (C=O) groups is 1. The largest absolute Gasteiger partial charge is 0.507 e. The number of aryl methyl sites for hydroxylation is 1. The van der Waals surface area contributed by atoms with Crippen molar-refractivity contribution < 1.29 is 14.6 Å². The predicted molar refractivity (Wildman–Crippen MR) is 73.4 cm³/mol. The van der Waals surface area contributed by atoms with Gasteiger partial charge >= 0.3 is 0 Å². The minimum atomic E-state index is -0.0747. The van der Waals surface area contributed by atoms with Crippen LogP contribution < -0.4 is 10.6 Å². The predicted octanol–water partition coefficient (Wildman–Crippen LogP) is 1.33. The average Bonchev–Trinajstić information content (AvgIpc) is 2.41. The molecule has 19 heavy (non-hydrogen) atoms. The zero-order chi connectivity index (χ0) is 13.8. The third kappa shape index (κ3) is 3.45. The lowest BCUT2D eigenvalue weighted by molar-refractivity contribution is -0.117. The number of phenolic OH excluding ortho intramolecular Hbond substituents is 1. The summed E-state index contributed by atoms with van der Waals surface area (Å²) in [5.74, 6) is 0.159. The number of carbonyl (C=O) groups excluding carboxylic acids is 1. The molecular weight excluding hydrogens is 244 g/mol. The van der Waals surface area contributed by atoms with E-state index in [0.717, 1.165) is 12.1 Å². The Morgan fingerprint density at radius 3 is 3.00 bits per heavy atom. The second kappa shape index (κ2) is 6.04. The Balaban J connectivity index is 1.97. The third-order valence-corrected chi connectivity index (χ3v) is 3.34. The molecule has 0 aliphatic carbocycles. The summed E-state index contributed by atoms with van der Waals surface area (Å²) in [6.45, 7) is 5.66. The highest BCUT2D eigenvalue weighted by Crippen LogP contribution is 2.28. The molecular formula is C14H20N2O3. The van der Waals surface area contributed by atoms with E-state index in [1.165, 1.54) is 0 Å². The van der Waals surface area contributed by atoms with Crippen LogP contribution in [0.3, 0.4) is 0 Å². The maximum absolute atomic E-state index is 11.9. The van der Waals surface area contributed by atoms with Crippen molar-refractivity contribution in [2.45, 2.75) is 26.3 Å². The molecule has 1 unspecified atom stereocenters. The Kier molecular flexibility index (Phi) is 4.39. The Labute approximate surface area is 113 Å². The van der Waals surface area contributed by atoms with E-state index in [2.05, 4.69) is 10.6 Å². The lowest BCUT2D eigenvalue weighted by Gasteiger charge is -2.23. The maximum atomic E-state index is 11.9. The van der Waals surface area contributed by atoms with Gasteiger partial charge in [0.15, 0.2) is 0 Å². The first-order valence-corrected chi connectivity index (χ1v) is 6.48. The number of aromatic hydroxyl groups is 1. The van der Waals surface area contributed by atoms with Gasteiger partial charge in [-0.15, -0.1) is 0 Å². The van der Waals surface area contributed by atoms with Gasteiger partial charge in [0, 0.05) is 30.3 Å². The zero-order valence-electron chi connectivity index (χ0n) is 11.3. The second-order valence-corrected chi connectivity index (χ2v) is 4.88. The van der Waals surface area contributed by atoms with E-state index in [0.29, 0.717) is 30.9 Å². The number of rotatable bonds is 3. The van der Waals surface area contributed by atoms with Crippen molar-refractivity contribution in [3.8, 4) is 5.75 Å². The van der Waals surface area contributed by atoms with E-state index in [-0.39, 0.29) is 17.7 Å². The van der Waals surface area contributed by atoms with Crippen LogP contribution in [-0.2, 0) is 9.53 Å². The van der Waals surface area contributed by atoms with Crippen molar-refractivity contribution in [1.29, 1.82) is 0 Å². The molecule has 0 aromatic heterocycles. The van der Waals surface area contributed by atoms with Gasteiger partial charge in [0.25, 0.3) is 0 Å². The number of morpholine rings is 1. The van der Waals surface area contributed by atoms with Crippen molar-refractivity contribution in [1.82, 2.24) is 5.32 Å². The topological polar surface area (TPSA) is 70.6 Å². The molecule has 1 aromatic carbocycles. The molecule has 0 saturated carbocycles. The van der Waals surface area contributed by atoms with Crippen LogP contribution in [0, 0.1) is 13.8 Å². The SMILES string of the molecule is Cc1ccc(NC(=O)CC2COCCN2)c(C)c1O. The first-order chi connectivity index (χ1) is 9.08. The summed E-state index contributed by atoms with van der Waals surface area (Å²) in [5, 5.41) is 15.9. The Bertz CT molecular complexity index is 468. The Morgan fingerprint density at radius 2 is 2.32 bits per heavy atom. The van der Waals surface area contributed by atoms with Gasteiger partial charge in [-0.25, -0.2) is 0 Å². The maximum Gasteiger partial charge on any atom is 0.226 e. The van der Waals surface area contributed by atoms with Gasteiger partial charge in [0.1, 0.15) is 5.75 Å². The molecule has 0 spiro atoms. The summed E-state index contributed by atoms with van der Waals surface area (Å²) >= 11 is 0. The fourth-order valence-electron chi connectivity index (χ4n) is 2.15. The van der Waals surface area contributed by atoms with Crippen LogP contribution in [-0.4, -0.2) is 36.8 Å². The molecule has 0 bridgehead atoms. The van der Waals surface area contributed by atoms with Crippen molar-refractivity contribution in [2.24, 2.45) is 0 Å². The van der Waals surface area contributed by atoms with E-state index in [1.807, 2.05) is 13.0 Å². The molecule has 2 rings (SSSR count). The number of anilines is 1. The van der Waals surface area contributed by atoms with E-state index < -0.39 is 0 Å². The molecule has 1 aliphatic heterocycles. The van der Waals surface area contributed by atoms with Crippen LogP contribution in [0.15, 0.2) is 12.1 Å². The van der Waals surface area contributed by atoms with Crippen LogP contribution in [0.25, 0.3) is 0 Å². The Hall–Kier alpha value is -1.59. The number of amides is 1. The van der Waals surface area contributed by atoms with Gasteiger partial charge in [0.05, 0.1) is 13.2 Å². The third-order valence-electron chi connectivity index (χ3n) is 3.34. The molecule has 5 nitrogen and oxygen atoms in total. The van der Waals surface area contributed by atoms with E-state index in [9.17, 15) is 9.90 Å². The monoisotopic (exact) mass is 264 g/mol. The van der Waals surface area contributed by atoms with Crippen molar-refractivity contribution in [3.05, 3.63) is 23.3 Å². The second-order valence-electron chi connectivity index (χ2n) is 4.88. The number of nitrogens with one attached hydrogen (secondary N) is 2. The molecule has 1 aromatic rings. The van der Waals surface area contributed by atoms with Crippen molar-refractivity contribution in [2.75, 3.05) is 25.1 Å². The van der Waals surface area contributed by atoms with Gasteiger partial charge < -0.3 is 20.5 Å². The molecule has 1 saturated heterocycles. The number of benzene rings is 1. The summed E-state index contributed by atoms with van der Waals surface area (Å²) in [4.78, 5) is 11.9. The van der Waals surface area contributed by atoms with Crippen LogP contribution in [0.5, 0.6) is 5.75 Å². The van der Waals surface area contributed by atoms with Gasteiger partial charge in [0.2, 0.25) is 5.91 Å². The number of hydrogen-bond acceptors (Lipinski definition) is 4. The summed E-state index contributed by atoms with van der Waals surface area (Å²) in [6, 6.07) is 3.67. The van der Waals surface area contributed by atoms with E-state index in [4.69, 9.17) is 4.74 Å². The summed E-state index contributed by atoms with van der Waals surface area (Å²) in [5.41, 5.74) is 2.16. The van der Waals surface area contributed by atoms with Crippen molar-refractivity contribution in [3.63, 3.8) is 0 Å². The molecule has 5 heteroatoms. The molecule has 1 aliphatic rings. The normalized spacial score (nSPS) is 19.2. The van der Waals surface area contributed by atoms with Gasteiger partial charge in [-0.05, 0) is 25.5 Å². The van der Waals surface area contributed by atoms with Crippen molar-refractivity contribution >= 4 is 11.6 Å². The summed E-state index contributed by atoms with van der Waals surface area (Å²) in [6.07, 6.45) is 0.369. The molecule has 1 atom stereocenters. The first kappa shape index (κ1) is 13.8. The van der Waals surface area contributed by atoms with Crippen LogP contribution in [0.1, 0.15) is 17.5 Å². The standard InChI is InChI=1S/C14H20N2O3/c1-9-3-4-12(10(2)14(9)18)16-13(17)7-11-8-19-6-5-15-11/h3-4,11,15,18H,5-8H2,1-2H3,(H,16,17). The Morgan fingerprint density at radius 1 is 1.53 bits per heavy atom. The molecule has 0 radical (unpaired) electrons. The fourth-order valence-corrected chi connectivity index (χ4v) is 2.15. The number of ether oxygens (including phenoxy) is 1. The molecule has 1 amide bonds. The minimum absolute atomic E-state index is 0.0631. The van der Waals surface area contributed by atoms with Crippen LogP contribution in [0.4, 0.5) is 5.69 Å². The lowest BCUT2D eigenvalue weighted by Crippen LogP contribution is -2.43. The highest BCUT2D eigenvalue weighted by molar-refractivity contribution is 5.92. The summed E-state index contributed by atoms with van der Waals surface area (Å²) < 4.78 is 5.31. The molecule has 1 fully saturated rings. The van der Waals surface area contributed by atoms with Gasteiger partial charge in [-0.1, -0.05) is 6.07 Å². The average molecular weight is 264 g/mol. The molecule has 104 valence electrons. The quantitative estimate of drug-likeness (QED) is 0.770. The van der Waals surface area contributed by atoms with Gasteiger partial charge in [-0.3, -0.25) is 4.79 Å². The lowest BCUT2D eigenvalue weighted by atomic mass is 10.1. The summed E-state index contributed by atoms with van der Waals surface area (Å²) in [7, 11) is 0. The number of phenols is 1. The fraction of sp³-hybridized carbons (Fsp3) is 0.500. The molecule has 1 heterocycles. The number of hydrogen-bond donors (Lipinski definition) is 3. The van der Waals surface area contributed by atoms with E-state index >= 15 is 0 Å². The highest BCUT2D eigenvalue weighted by Gasteiger charge is 2.17. The van der Waals surface area contributed by atoms with Gasteiger partial charge in [-0.2, -0.15) is 0 Å². The zero-order valence-corrected chi connectivity index (χ0v) is 11.3. The smallest absolute Gasteiger partial charge is 0.226 e. The highest BCUT2D eigenvalue weighted by atomic mass is 16.5.